The number of oxazole rings is 1. The van der Waals surface area contributed by atoms with E-state index in [1.54, 1.807) is 0 Å². The molecule has 1 aromatic carbocycles. The fraction of sp³-hybridized carbons (Fsp3) is 0.357. The molecular formula is C14H17BrN2O. The lowest BCUT2D eigenvalue weighted by Crippen LogP contribution is -2.23. The molecule has 0 saturated heterocycles. The topological polar surface area (TPSA) is 38.1 Å². The molecule has 1 aromatic heterocycles. The average molecular weight is 309 g/mol. The van der Waals surface area contributed by atoms with Crippen LogP contribution in [0.25, 0.3) is 0 Å². The maximum Gasteiger partial charge on any atom is 0.198 e. The number of nitrogens with one attached hydrogen (secondary N) is 1. The Hall–Kier alpha value is -1.13. The van der Waals surface area contributed by atoms with Crippen LogP contribution in [0.5, 0.6) is 0 Å². The summed E-state index contributed by atoms with van der Waals surface area (Å²) < 4.78 is 6.81. The first-order chi connectivity index (χ1) is 8.67. The first-order valence-electron chi connectivity index (χ1n) is 6.02. The SMILES string of the molecule is CNC(C)Cc1cnc(Cc2ccc(Br)cc2)o1. The van der Waals surface area contributed by atoms with E-state index in [-0.39, 0.29) is 0 Å². The zero-order valence-corrected chi connectivity index (χ0v) is 12.2. The molecule has 0 saturated carbocycles. The van der Waals surface area contributed by atoms with Crippen molar-refractivity contribution in [2.45, 2.75) is 25.8 Å². The normalized spacial score (nSPS) is 12.6. The number of hydrogen-bond donors (Lipinski definition) is 1. The second-order valence-corrected chi connectivity index (χ2v) is 5.33. The number of likely N-dealkylation sites (N-methyl/N-ethyl adjacent to an activating group) is 1. The molecule has 96 valence electrons. The van der Waals surface area contributed by atoms with Crippen LogP contribution in [0.3, 0.4) is 0 Å². The summed E-state index contributed by atoms with van der Waals surface area (Å²) in [6, 6.07) is 8.61. The van der Waals surface area contributed by atoms with Gasteiger partial charge in [-0.15, -0.1) is 0 Å². The van der Waals surface area contributed by atoms with Crippen molar-refractivity contribution in [1.29, 1.82) is 0 Å². The quantitative estimate of drug-likeness (QED) is 0.922. The maximum atomic E-state index is 5.73. The molecule has 0 aliphatic carbocycles. The molecule has 0 fully saturated rings. The highest BCUT2D eigenvalue weighted by Gasteiger charge is 2.08. The molecule has 1 heterocycles. The summed E-state index contributed by atoms with van der Waals surface area (Å²) in [4.78, 5) is 4.32. The van der Waals surface area contributed by atoms with E-state index in [0.29, 0.717) is 6.04 Å². The summed E-state index contributed by atoms with van der Waals surface area (Å²) in [6.07, 6.45) is 3.42. The van der Waals surface area contributed by atoms with Crippen molar-refractivity contribution in [2.24, 2.45) is 0 Å². The molecule has 0 aliphatic rings. The Morgan fingerprint density at radius 2 is 2.06 bits per heavy atom. The Kier molecular flexibility index (Phi) is 4.55. The molecular weight excluding hydrogens is 292 g/mol. The van der Waals surface area contributed by atoms with Gasteiger partial charge in [-0.1, -0.05) is 28.1 Å². The van der Waals surface area contributed by atoms with Crippen molar-refractivity contribution < 1.29 is 4.42 Å². The van der Waals surface area contributed by atoms with E-state index in [2.05, 4.69) is 45.3 Å². The minimum absolute atomic E-state index is 0.401. The van der Waals surface area contributed by atoms with Gasteiger partial charge in [-0.05, 0) is 31.7 Å². The van der Waals surface area contributed by atoms with Crippen LogP contribution in [0, 0.1) is 0 Å². The second kappa shape index (κ2) is 6.16. The second-order valence-electron chi connectivity index (χ2n) is 4.42. The maximum absolute atomic E-state index is 5.73. The van der Waals surface area contributed by atoms with E-state index in [9.17, 15) is 0 Å². The summed E-state index contributed by atoms with van der Waals surface area (Å²) >= 11 is 3.42. The van der Waals surface area contributed by atoms with Gasteiger partial charge in [-0.25, -0.2) is 4.98 Å². The van der Waals surface area contributed by atoms with E-state index >= 15 is 0 Å². The molecule has 2 rings (SSSR count). The van der Waals surface area contributed by atoms with Gasteiger partial charge in [0.1, 0.15) is 5.76 Å². The number of halogens is 1. The molecule has 0 aliphatic heterocycles. The van der Waals surface area contributed by atoms with E-state index < -0.39 is 0 Å². The molecule has 1 atom stereocenters. The highest BCUT2D eigenvalue weighted by molar-refractivity contribution is 9.10. The molecule has 1 unspecified atom stereocenters. The fourth-order valence-electron chi connectivity index (χ4n) is 1.70. The minimum Gasteiger partial charge on any atom is -0.445 e. The van der Waals surface area contributed by atoms with Crippen LogP contribution in [-0.4, -0.2) is 18.1 Å². The summed E-state index contributed by atoms with van der Waals surface area (Å²) in [5.41, 5.74) is 1.20. The lowest BCUT2D eigenvalue weighted by molar-refractivity contribution is 0.440. The molecule has 0 amide bonds. The molecule has 4 heteroatoms. The van der Waals surface area contributed by atoms with Gasteiger partial charge in [0.25, 0.3) is 0 Å². The minimum atomic E-state index is 0.401. The van der Waals surface area contributed by atoms with Gasteiger partial charge in [-0.3, -0.25) is 0 Å². The fourth-order valence-corrected chi connectivity index (χ4v) is 1.97. The first kappa shape index (κ1) is 13.3. The number of hydrogen-bond acceptors (Lipinski definition) is 3. The number of benzene rings is 1. The predicted octanol–water partition coefficient (Wildman–Crippen LogP) is 3.18. The summed E-state index contributed by atoms with van der Waals surface area (Å²) in [5.74, 6) is 1.71. The molecule has 3 nitrogen and oxygen atoms in total. The number of aromatic nitrogens is 1. The highest BCUT2D eigenvalue weighted by atomic mass is 79.9. The van der Waals surface area contributed by atoms with Crippen molar-refractivity contribution in [2.75, 3.05) is 7.05 Å². The van der Waals surface area contributed by atoms with E-state index in [4.69, 9.17) is 4.42 Å². The van der Waals surface area contributed by atoms with Crippen LogP contribution < -0.4 is 5.32 Å². The van der Waals surface area contributed by atoms with Crippen molar-refractivity contribution in [3.63, 3.8) is 0 Å². The van der Waals surface area contributed by atoms with Crippen LogP contribution in [0.1, 0.15) is 24.1 Å². The Morgan fingerprint density at radius 3 is 2.72 bits per heavy atom. The highest BCUT2D eigenvalue weighted by Crippen LogP contribution is 2.15. The third kappa shape index (κ3) is 3.68. The molecule has 18 heavy (non-hydrogen) atoms. The number of rotatable bonds is 5. The smallest absolute Gasteiger partial charge is 0.198 e. The van der Waals surface area contributed by atoms with Crippen LogP contribution in [0.15, 0.2) is 39.4 Å². The van der Waals surface area contributed by atoms with Gasteiger partial charge < -0.3 is 9.73 Å². The van der Waals surface area contributed by atoms with Crippen LogP contribution in [0.4, 0.5) is 0 Å². The largest absolute Gasteiger partial charge is 0.445 e. The van der Waals surface area contributed by atoms with E-state index in [0.717, 1.165) is 29.0 Å². The van der Waals surface area contributed by atoms with Gasteiger partial charge >= 0.3 is 0 Å². The van der Waals surface area contributed by atoms with Crippen molar-refractivity contribution >= 4 is 15.9 Å². The van der Waals surface area contributed by atoms with E-state index in [1.165, 1.54) is 5.56 Å². The van der Waals surface area contributed by atoms with Crippen LogP contribution in [0.2, 0.25) is 0 Å². The summed E-state index contributed by atoms with van der Waals surface area (Å²) in [7, 11) is 1.95. The van der Waals surface area contributed by atoms with Gasteiger partial charge in [0.05, 0.1) is 6.20 Å². The molecule has 0 spiro atoms. The van der Waals surface area contributed by atoms with Gasteiger partial charge in [0, 0.05) is 23.4 Å². The van der Waals surface area contributed by atoms with Crippen LogP contribution >= 0.6 is 15.9 Å². The number of nitrogens with zero attached hydrogens (tertiary/aromatic N) is 1. The predicted molar refractivity (Wildman–Crippen MR) is 75.7 cm³/mol. The van der Waals surface area contributed by atoms with Gasteiger partial charge in [0.15, 0.2) is 5.89 Å². The molecule has 1 N–H and O–H groups in total. The van der Waals surface area contributed by atoms with Crippen molar-refractivity contribution in [1.82, 2.24) is 10.3 Å². The molecule has 2 aromatic rings. The zero-order valence-electron chi connectivity index (χ0n) is 10.6. The Bertz CT molecular complexity index is 493. The third-order valence-corrected chi connectivity index (χ3v) is 3.40. The Balaban J connectivity index is 2.00. The van der Waals surface area contributed by atoms with Gasteiger partial charge in [-0.2, -0.15) is 0 Å². The van der Waals surface area contributed by atoms with E-state index in [1.807, 2.05) is 25.4 Å². The average Bonchev–Trinajstić information content (AvgIpc) is 2.79. The molecule has 0 bridgehead atoms. The Morgan fingerprint density at radius 1 is 1.33 bits per heavy atom. The summed E-state index contributed by atoms with van der Waals surface area (Å²) in [5, 5.41) is 3.19. The third-order valence-electron chi connectivity index (χ3n) is 2.87. The molecule has 0 radical (unpaired) electrons. The van der Waals surface area contributed by atoms with Gasteiger partial charge in [0.2, 0.25) is 0 Å². The van der Waals surface area contributed by atoms with Crippen LogP contribution in [-0.2, 0) is 12.8 Å². The first-order valence-corrected chi connectivity index (χ1v) is 6.82. The zero-order chi connectivity index (χ0) is 13.0. The van der Waals surface area contributed by atoms with Crippen molar-refractivity contribution in [3.05, 3.63) is 52.1 Å². The monoisotopic (exact) mass is 308 g/mol. The lowest BCUT2D eigenvalue weighted by atomic mass is 10.1. The lowest BCUT2D eigenvalue weighted by Gasteiger charge is -2.06. The van der Waals surface area contributed by atoms with Crippen molar-refractivity contribution in [3.8, 4) is 0 Å². The Labute approximate surface area is 116 Å². The summed E-state index contributed by atoms with van der Waals surface area (Å²) in [6.45, 7) is 2.12. The standard InChI is InChI=1S/C14H17BrN2O/c1-10(16-2)7-13-9-17-14(18-13)8-11-3-5-12(15)6-4-11/h3-6,9-10,16H,7-8H2,1-2H3.